The van der Waals surface area contributed by atoms with Crippen LogP contribution in [0.15, 0.2) is 0 Å². The molecule has 10 heteroatoms. The van der Waals surface area contributed by atoms with E-state index in [0.717, 1.165) is 0 Å². The fourth-order valence-electron chi connectivity index (χ4n) is 2.12. The second kappa shape index (κ2) is 9.21. The van der Waals surface area contributed by atoms with Crippen molar-refractivity contribution in [1.82, 2.24) is 0 Å². The van der Waals surface area contributed by atoms with Crippen LogP contribution in [0, 0.1) is 0 Å². The first-order valence-electron chi connectivity index (χ1n) is 8.28. The first-order valence-corrected chi connectivity index (χ1v) is 9.92. The minimum atomic E-state index is -4.06. The van der Waals surface area contributed by atoms with Crippen molar-refractivity contribution in [3.63, 3.8) is 0 Å². The van der Waals surface area contributed by atoms with Crippen LogP contribution in [0.3, 0.4) is 0 Å². The van der Waals surface area contributed by atoms with Crippen LogP contribution in [-0.4, -0.2) is 82.0 Å². The van der Waals surface area contributed by atoms with Crippen LogP contribution in [-0.2, 0) is 23.3 Å². The summed E-state index contributed by atoms with van der Waals surface area (Å²) in [6.07, 6.45) is -6.77. The Labute approximate surface area is 148 Å². The van der Waals surface area contributed by atoms with Gasteiger partial charge >= 0.3 is 7.60 Å². The van der Waals surface area contributed by atoms with Gasteiger partial charge in [-0.25, -0.2) is 0 Å². The van der Waals surface area contributed by atoms with Gasteiger partial charge in [-0.2, -0.15) is 0 Å². The molecule has 0 aromatic carbocycles. The molecule has 1 heterocycles. The van der Waals surface area contributed by atoms with Crippen LogP contribution in [0.1, 0.15) is 34.6 Å². The molecule has 0 aromatic heterocycles. The molecule has 150 valence electrons. The minimum absolute atomic E-state index is 0.0843. The van der Waals surface area contributed by atoms with Crippen LogP contribution in [0.2, 0.25) is 0 Å². The predicted octanol–water partition coefficient (Wildman–Crippen LogP) is 0.236. The number of aliphatic hydroxyl groups is 3. The van der Waals surface area contributed by atoms with E-state index in [9.17, 15) is 24.8 Å². The molecule has 6 atom stereocenters. The van der Waals surface area contributed by atoms with Crippen LogP contribution in [0.25, 0.3) is 0 Å². The van der Waals surface area contributed by atoms with E-state index in [1.165, 1.54) is 13.8 Å². The fraction of sp³-hybridized carbons (Fsp3) is 1.00. The fourth-order valence-corrected chi connectivity index (χ4v) is 2.97. The maximum Gasteiger partial charge on any atom is 0.331 e. The molecule has 6 unspecified atom stereocenters. The molecule has 25 heavy (non-hydrogen) atoms. The van der Waals surface area contributed by atoms with Gasteiger partial charge < -0.3 is 34.4 Å². The van der Waals surface area contributed by atoms with Crippen molar-refractivity contribution in [3.05, 3.63) is 0 Å². The molecule has 1 fully saturated rings. The summed E-state index contributed by atoms with van der Waals surface area (Å²) in [5.74, 6) is 0. The molecule has 1 rings (SSSR count). The maximum absolute atomic E-state index is 12.1. The third kappa shape index (κ3) is 6.86. The SMILES string of the molecule is CC(C)P(=O)(O)OC1C(O)C(CO)OC(OCCOC(C)(C)C)C1O. The Morgan fingerprint density at radius 2 is 1.76 bits per heavy atom. The summed E-state index contributed by atoms with van der Waals surface area (Å²) >= 11 is 0. The molecule has 1 aliphatic rings. The lowest BCUT2D eigenvalue weighted by atomic mass is 9.99. The van der Waals surface area contributed by atoms with E-state index in [1.807, 2.05) is 20.8 Å². The summed E-state index contributed by atoms with van der Waals surface area (Å²) < 4.78 is 33.4. The number of hydrogen-bond acceptors (Lipinski definition) is 8. The summed E-state index contributed by atoms with van der Waals surface area (Å²) in [5, 5.41) is 29.8. The number of aliphatic hydroxyl groups excluding tert-OH is 3. The summed E-state index contributed by atoms with van der Waals surface area (Å²) in [6.45, 7) is 8.37. The van der Waals surface area contributed by atoms with Gasteiger partial charge in [-0.15, -0.1) is 0 Å². The lowest BCUT2D eigenvalue weighted by molar-refractivity contribution is -0.299. The molecule has 0 radical (unpaired) electrons. The first-order chi connectivity index (χ1) is 11.4. The number of ether oxygens (including phenoxy) is 3. The normalized spacial score (nSPS) is 33.4. The molecular weight excluding hydrogens is 355 g/mol. The predicted molar refractivity (Wildman–Crippen MR) is 89.3 cm³/mol. The Morgan fingerprint density at radius 1 is 1.16 bits per heavy atom. The molecule has 0 spiro atoms. The van der Waals surface area contributed by atoms with Crippen LogP contribution >= 0.6 is 7.60 Å². The molecule has 0 aliphatic carbocycles. The van der Waals surface area contributed by atoms with Crippen molar-refractivity contribution >= 4 is 7.60 Å². The van der Waals surface area contributed by atoms with Gasteiger partial charge in [0.1, 0.15) is 24.4 Å². The standard InChI is InChI=1S/C15H31O9P/c1-9(2)25(19,20)24-13-11(17)10(8-16)23-14(12(13)18)21-6-7-22-15(3,4)5/h9-14,16-18H,6-8H2,1-5H3,(H,19,20). The van der Waals surface area contributed by atoms with E-state index in [1.54, 1.807) is 0 Å². The molecule has 0 aromatic rings. The monoisotopic (exact) mass is 386 g/mol. The molecule has 1 aliphatic heterocycles. The first kappa shape index (κ1) is 23.0. The third-order valence-electron chi connectivity index (χ3n) is 3.65. The quantitative estimate of drug-likeness (QED) is 0.342. The van der Waals surface area contributed by atoms with Gasteiger partial charge in [0.15, 0.2) is 6.29 Å². The minimum Gasteiger partial charge on any atom is -0.394 e. The lowest BCUT2D eigenvalue weighted by Crippen LogP contribution is -2.60. The Balaban J connectivity index is 2.75. The van der Waals surface area contributed by atoms with Crippen molar-refractivity contribution in [2.24, 2.45) is 0 Å². The summed E-state index contributed by atoms with van der Waals surface area (Å²) in [5.41, 5.74) is -1.08. The average Bonchev–Trinajstić information content (AvgIpc) is 2.48. The Kier molecular flexibility index (Phi) is 8.46. The molecule has 1 saturated heterocycles. The molecule has 0 saturated carbocycles. The number of rotatable bonds is 8. The van der Waals surface area contributed by atoms with E-state index in [4.69, 9.17) is 18.7 Å². The largest absolute Gasteiger partial charge is 0.394 e. The average molecular weight is 386 g/mol. The van der Waals surface area contributed by atoms with Crippen molar-refractivity contribution in [3.8, 4) is 0 Å². The van der Waals surface area contributed by atoms with Crippen LogP contribution in [0.4, 0.5) is 0 Å². The Hall–Kier alpha value is -0.0900. The van der Waals surface area contributed by atoms with Gasteiger partial charge in [0.2, 0.25) is 0 Å². The van der Waals surface area contributed by atoms with E-state index >= 15 is 0 Å². The molecule has 4 N–H and O–H groups in total. The molecule has 0 bridgehead atoms. The van der Waals surface area contributed by atoms with E-state index < -0.39 is 50.6 Å². The van der Waals surface area contributed by atoms with Crippen molar-refractivity contribution in [2.75, 3.05) is 19.8 Å². The highest BCUT2D eigenvalue weighted by atomic mass is 31.2. The molecular formula is C15H31O9P. The molecule has 9 nitrogen and oxygen atoms in total. The summed E-state index contributed by atoms with van der Waals surface area (Å²) in [7, 11) is -4.06. The Morgan fingerprint density at radius 3 is 2.24 bits per heavy atom. The zero-order valence-electron chi connectivity index (χ0n) is 15.4. The van der Waals surface area contributed by atoms with Gasteiger partial charge in [0.25, 0.3) is 0 Å². The van der Waals surface area contributed by atoms with Crippen molar-refractivity contribution in [2.45, 2.75) is 76.6 Å². The third-order valence-corrected chi connectivity index (χ3v) is 5.50. The van der Waals surface area contributed by atoms with Gasteiger partial charge in [-0.1, -0.05) is 13.8 Å². The van der Waals surface area contributed by atoms with Crippen LogP contribution < -0.4 is 0 Å². The van der Waals surface area contributed by atoms with Gasteiger partial charge in [0.05, 0.1) is 31.1 Å². The zero-order valence-corrected chi connectivity index (χ0v) is 16.3. The van der Waals surface area contributed by atoms with E-state index in [2.05, 4.69) is 0 Å². The van der Waals surface area contributed by atoms with E-state index in [-0.39, 0.29) is 18.8 Å². The zero-order chi connectivity index (χ0) is 19.4. The maximum atomic E-state index is 12.1. The lowest BCUT2D eigenvalue weighted by Gasteiger charge is -2.42. The highest BCUT2D eigenvalue weighted by Gasteiger charge is 2.48. The smallest absolute Gasteiger partial charge is 0.331 e. The van der Waals surface area contributed by atoms with Crippen LogP contribution in [0.5, 0.6) is 0 Å². The highest BCUT2D eigenvalue weighted by Crippen LogP contribution is 2.50. The number of hydrogen-bond donors (Lipinski definition) is 4. The van der Waals surface area contributed by atoms with E-state index in [0.29, 0.717) is 0 Å². The van der Waals surface area contributed by atoms with Gasteiger partial charge in [-0.3, -0.25) is 9.09 Å². The van der Waals surface area contributed by atoms with Crippen molar-refractivity contribution in [1.29, 1.82) is 0 Å². The highest BCUT2D eigenvalue weighted by molar-refractivity contribution is 7.53. The second-order valence-corrected chi connectivity index (χ2v) is 9.64. The second-order valence-electron chi connectivity index (χ2n) is 7.27. The summed E-state index contributed by atoms with van der Waals surface area (Å²) in [4.78, 5) is 9.88. The topological polar surface area (TPSA) is 135 Å². The van der Waals surface area contributed by atoms with Gasteiger partial charge in [-0.05, 0) is 20.8 Å². The summed E-state index contributed by atoms with van der Waals surface area (Å²) in [6, 6.07) is 0. The molecule has 0 amide bonds. The Bertz CT molecular complexity index is 451. The van der Waals surface area contributed by atoms with Crippen molar-refractivity contribution < 1.29 is 43.5 Å². The van der Waals surface area contributed by atoms with Gasteiger partial charge in [0, 0.05) is 0 Å².